The molecule has 26 heavy (non-hydrogen) atoms. The molecule has 0 radical (unpaired) electrons. The normalized spacial score (nSPS) is 13.0. The van der Waals surface area contributed by atoms with Gasteiger partial charge >= 0.3 is 0 Å². The number of rotatable bonds is 4. The van der Waals surface area contributed by atoms with E-state index in [0.717, 1.165) is 11.1 Å². The minimum atomic E-state index is 0.513. The molecular weight excluding hydrogens is 372 g/mol. The highest BCUT2D eigenvalue weighted by molar-refractivity contribution is 7.98. The van der Waals surface area contributed by atoms with Gasteiger partial charge in [-0.15, -0.1) is 10.2 Å². The summed E-state index contributed by atoms with van der Waals surface area (Å²) in [4.78, 5) is 0. The molecule has 2 aromatic carbocycles. The maximum Gasteiger partial charge on any atom is 0.210 e. The molecule has 0 saturated carbocycles. The zero-order valence-corrected chi connectivity index (χ0v) is 15.7. The molecule has 4 rings (SSSR count). The smallest absolute Gasteiger partial charge is 0.210 e. The molecule has 0 amide bonds. The van der Waals surface area contributed by atoms with Crippen LogP contribution >= 0.6 is 23.4 Å². The van der Waals surface area contributed by atoms with E-state index < -0.39 is 0 Å². The van der Waals surface area contributed by atoms with Crippen LogP contribution in [0.4, 0.5) is 0 Å². The van der Waals surface area contributed by atoms with Crippen molar-refractivity contribution in [2.24, 2.45) is 0 Å². The molecule has 1 aromatic heterocycles. The van der Waals surface area contributed by atoms with E-state index in [9.17, 15) is 0 Å². The van der Waals surface area contributed by atoms with Gasteiger partial charge in [-0.1, -0.05) is 53.2 Å². The molecule has 3 aromatic rings. The summed E-state index contributed by atoms with van der Waals surface area (Å²) < 4.78 is 12.7. The van der Waals surface area contributed by atoms with E-state index in [1.54, 1.807) is 0 Å². The lowest BCUT2D eigenvalue weighted by atomic mass is 10.1. The predicted octanol–water partition coefficient (Wildman–Crippen LogP) is 3.68. The molecule has 134 valence electrons. The lowest BCUT2D eigenvalue weighted by molar-refractivity contribution is 0.171. The highest BCUT2D eigenvalue weighted by atomic mass is 35.5. The van der Waals surface area contributed by atoms with Crippen molar-refractivity contribution in [2.45, 2.75) is 17.8 Å². The highest BCUT2D eigenvalue weighted by Crippen LogP contribution is 2.39. The molecule has 2 N–H and O–H groups in total. The van der Waals surface area contributed by atoms with Gasteiger partial charge in [0.15, 0.2) is 17.3 Å². The Balaban J connectivity index is 1.52. The molecular formula is C18H17ClN4O2S. The second kappa shape index (κ2) is 7.09. The van der Waals surface area contributed by atoms with Gasteiger partial charge in [-0.3, -0.25) is 0 Å². The number of nitrogen functional groups attached to an aromatic ring is 1. The van der Waals surface area contributed by atoms with Crippen molar-refractivity contribution in [3.8, 4) is 22.9 Å². The maximum absolute atomic E-state index is 6.29. The third-order valence-corrected chi connectivity index (χ3v) is 5.29. The summed E-state index contributed by atoms with van der Waals surface area (Å²) in [7, 11) is 0. The van der Waals surface area contributed by atoms with Gasteiger partial charge in [0.25, 0.3) is 0 Å². The molecule has 0 atom stereocenters. The number of nitrogens with zero attached hydrogens (tertiary/aromatic N) is 3. The number of hydrogen-bond donors (Lipinski definition) is 1. The Labute approximate surface area is 160 Å². The number of fused-ring (bicyclic) bond motifs is 1. The fraction of sp³-hybridized carbons (Fsp3) is 0.222. The molecule has 0 bridgehead atoms. The number of halogens is 1. The SMILES string of the molecule is Cc1ccc(-c2nnc(SCc3cc(Cl)c4c(c3)OCCO4)n2N)cc1. The van der Waals surface area contributed by atoms with Gasteiger partial charge in [-0.05, 0) is 24.6 Å². The van der Waals surface area contributed by atoms with Crippen LogP contribution in [-0.2, 0) is 5.75 Å². The number of aryl methyl sites for hydroxylation is 1. The second-order valence-corrected chi connectivity index (χ2v) is 7.28. The molecule has 1 aliphatic rings. The van der Waals surface area contributed by atoms with Gasteiger partial charge in [0, 0.05) is 11.3 Å². The van der Waals surface area contributed by atoms with Crippen LogP contribution in [-0.4, -0.2) is 28.1 Å². The number of ether oxygens (including phenoxy) is 2. The Hall–Kier alpha value is -2.38. The summed E-state index contributed by atoms with van der Waals surface area (Å²) in [5.41, 5.74) is 3.12. The van der Waals surface area contributed by atoms with Gasteiger partial charge in [0.05, 0.1) is 5.02 Å². The first kappa shape index (κ1) is 17.1. The van der Waals surface area contributed by atoms with E-state index >= 15 is 0 Å². The minimum absolute atomic E-state index is 0.513. The summed E-state index contributed by atoms with van der Waals surface area (Å²) in [5, 5.41) is 9.59. The van der Waals surface area contributed by atoms with Gasteiger partial charge in [-0.25, -0.2) is 4.68 Å². The topological polar surface area (TPSA) is 75.2 Å². The van der Waals surface area contributed by atoms with Gasteiger partial charge in [0.1, 0.15) is 13.2 Å². The zero-order chi connectivity index (χ0) is 18.1. The van der Waals surface area contributed by atoms with E-state index in [1.165, 1.54) is 22.0 Å². The summed E-state index contributed by atoms with van der Waals surface area (Å²) in [5.74, 6) is 8.73. The fourth-order valence-electron chi connectivity index (χ4n) is 2.67. The van der Waals surface area contributed by atoms with Crippen molar-refractivity contribution < 1.29 is 9.47 Å². The fourth-order valence-corrected chi connectivity index (χ4v) is 3.74. The number of hydrogen-bond acceptors (Lipinski definition) is 6. The van der Waals surface area contributed by atoms with Crippen molar-refractivity contribution in [2.75, 3.05) is 19.1 Å². The molecule has 8 heteroatoms. The van der Waals surface area contributed by atoms with Crippen molar-refractivity contribution in [3.05, 3.63) is 52.5 Å². The second-order valence-electron chi connectivity index (χ2n) is 5.93. The number of nitrogens with two attached hydrogens (primary N) is 1. The van der Waals surface area contributed by atoms with Crippen LogP contribution in [0.15, 0.2) is 41.6 Å². The lowest BCUT2D eigenvalue weighted by Crippen LogP contribution is -2.15. The first-order valence-electron chi connectivity index (χ1n) is 8.10. The molecule has 0 spiro atoms. The molecule has 6 nitrogen and oxygen atoms in total. The minimum Gasteiger partial charge on any atom is -0.486 e. The number of aromatic nitrogens is 3. The van der Waals surface area contributed by atoms with Crippen LogP contribution in [0, 0.1) is 6.92 Å². The quantitative estimate of drug-likeness (QED) is 0.542. The first-order valence-corrected chi connectivity index (χ1v) is 9.46. The molecule has 1 aliphatic heterocycles. The Kier molecular flexibility index (Phi) is 4.65. The standard InChI is InChI=1S/C18H17ClN4O2S/c1-11-2-4-13(5-3-11)17-21-22-18(23(17)20)26-10-12-8-14(19)16-15(9-12)24-6-7-25-16/h2-5,8-9H,6-7,10,20H2,1H3. The predicted molar refractivity (Wildman–Crippen MR) is 102 cm³/mol. The Morgan fingerprint density at radius 2 is 1.92 bits per heavy atom. The van der Waals surface area contributed by atoms with E-state index in [0.29, 0.717) is 46.5 Å². The van der Waals surface area contributed by atoms with E-state index in [1.807, 2.05) is 43.3 Å². The summed E-state index contributed by atoms with van der Waals surface area (Å²) in [6, 6.07) is 11.8. The average molecular weight is 389 g/mol. The molecule has 0 unspecified atom stereocenters. The van der Waals surface area contributed by atoms with Gasteiger partial charge in [0.2, 0.25) is 5.16 Å². The maximum atomic E-state index is 6.29. The third kappa shape index (κ3) is 3.32. The van der Waals surface area contributed by atoms with Gasteiger partial charge in [-0.2, -0.15) is 0 Å². The van der Waals surface area contributed by atoms with Crippen LogP contribution in [0.2, 0.25) is 5.02 Å². The number of benzene rings is 2. The van der Waals surface area contributed by atoms with Crippen LogP contribution < -0.4 is 15.3 Å². The summed E-state index contributed by atoms with van der Waals surface area (Å²) >= 11 is 7.77. The van der Waals surface area contributed by atoms with Crippen LogP contribution in [0.1, 0.15) is 11.1 Å². The van der Waals surface area contributed by atoms with E-state index in [-0.39, 0.29) is 0 Å². The largest absolute Gasteiger partial charge is 0.486 e. The van der Waals surface area contributed by atoms with Crippen LogP contribution in [0.3, 0.4) is 0 Å². The van der Waals surface area contributed by atoms with Crippen molar-refractivity contribution in [1.29, 1.82) is 0 Å². The molecule has 2 heterocycles. The van der Waals surface area contributed by atoms with Crippen molar-refractivity contribution in [3.63, 3.8) is 0 Å². The number of thioether (sulfide) groups is 1. The third-order valence-electron chi connectivity index (χ3n) is 4.00. The van der Waals surface area contributed by atoms with Crippen LogP contribution in [0.5, 0.6) is 11.5 Å². The van der Waals surface area contributed by atoms with Gasteiger partial charge < -0.3 is 15.3 Å². The lowest BCUT2D eigenvalue weighted by Gasteiger charge is -2.20. The summed E-state index contributed by atoms with van der Waals surface area (Å²) in [6.45, 7) is 3.08. The Bertz CT molecular complexity index is 943. The monoisotopic (exact) mass is 388 g/mol. The first-order chi connectivity index (χ1) is 12.6. The Morgan fingerprint density at radius 1 is 1.15 bits per heavy atom. The zero-order valence-electron chi connectivity index (χ0n) is 14.1. The summed E-state index contributed by atoms with van der Waals surface area (Å²) in [6.07, 6.45) is 0. The van der Waals surface area contributed by atoms with Crippen LogP contribution in [0.25, 0.3) is 11.4 Å². The Morgan fingerprint density at radius 3 is 2.73 bits per heavy atom. The molecule has 0 fully saturated rings. The van der Waals surface area contributed by atoms with E-state index in [2.05, 4.69) is 10.2 Å². The molecule has 0 saturated heterocycles. The van der Waals surface area contributed by atoms with Crippen molar-refractivity contribution in [1.82, 2.24) is 14.9 Å². The highest BCUT2D eigenvalue weighted by Gasteiger charge is 2.18. The van der Waals surface area contributed by atoms with Crippen molar-refractivity contribution >= 4 is 23.4 Å². The molecule has 0 aliphatic carbocycles. The van der Waals surface area contributed by atoms with E-state index in [4.69, 9.17) is 26.9 Å². The average Bonchev–Trinajstić information content (AvgIpc) is 3.01.